The van der Waals surface area contributed by atoms with E-state index in [9.17, 15) is 19.2 Å². The molecule has 24 heavy (non-hydrogen) atoms. The topological polar surface area (TPSA) is 118 Å². The molecule has 0 radical (unpaired) electrons. The quantitative estimate of drug-likeness (QED) is 0.755. The zero-order valence-corrected chi connectivity index (χ0v) is 14.1. The minimum atomic E-state index is -0.910. The Morgan fingerprint density at radius 2 is 2.08 bits per heavy atom. The highest BCUT2D eigenvalue weighted by Gasteiger charge is 2.26. The van der Waals surface area contributed by atoms with Gasteiger partial charge in [0.15, 0.2) is 0 Å². The number of rotatable bonds is 6. The summed E-state index contributed by atoms with van der Waals surface area (Å²) in [5.74, 6) is 0.204. The van der Waals surface area contributed by atoms with E-state index in [4.69, 9.17) is 5.73 Å². The molecule has 8 heteroatoms. The number of carbonyl (C=O) groups is 2. The summed E-state index contributed by atoms with van der Waals surface area (Å²) in [5.41, 5.74) is 3.33. The molecule has 1 aromatic heterocycles. The molecule has 3 N–H and O–H groups in total. The fourth-order valence-corrected chi connectivity index (χ4v) is 3.14. The van der Waals surface area contributed by atoms with Gasteiger partial charge in [-0.15, -0.1) is 0 Å². The van der Waals surface area contributed by atoms with Crippen LogP contribution in [0.15, 0.2) is 15.8 Å². The van der Waals surface area contributed by atoms with Gasteiger partial charge in [0.25, 0.3) is 11.5 Å². The number of hydrogen-bond acceptors (Lipinski definition) is 4. The molecule has 1 unspecified atom stereocenters. The van der Waals surface area contributed by atoms with Crippen molar-refractivity contribution in [2.75, 3.05) is 13.1 Å². The van der Waals surface area contributed by atoms with Crippen LogP contribution in [-0.2, 0) is 11.3 Å². The minimum Gasteiger partial charge on any atom is -0.365 e. The largest absolute Gasteiger partial charge is 0.365 e. The van der Waals surface area contributed by atoms with Gasteiger partial charge in [-0.3, -0.25) is 23.9 Å². The average Bonchev–Trinajstić information content (AvgIpc) is 2.93. The van der Waals surface area contributed by atoms with E-state index in [2.05, 4.69) is 13.8 Å². The van der Waals surface area contributed by atoms with Crippen LogP contribution < -0.4 is 17.0 Å². The third-order valence-electron chi connectivity index (χ3n) is 4.29. The lowest BCUT2D eigenvalue weighted by Gasteiger charge is -2.17. The number of hydrogen-bond donors (Lipinski definition) is 2. The molecular formula is C16H24N4O4. The van der Waals surface area contributed by atoms with Gasteiger partial charge < -0.3 is 10.6 Å². The highest BCUT2D eigenvalue weighted by molar-refractivity contribution is 5.91. The van der Waals surface area contributed by atoms with Gasteiger partial charge in [-0.1, -0.05) is 13.8 Å². The summed E-state index contributed by atoms with van der Waals surface area (Å²) in [6.45, 7) is 5.93. The molecule has 0 spiro atoms. The molecule has 0 saturated carbocycles. The van der Waals surface area contributed by atoms with Crippen LogP contribution in [0, 0.1) is 11.8 Å². The molecule has 1 atom stereocenters. The van der Waals surface area contributed by atoms with Crippen molar-refractivity contribution in [3.63, 3.8) is 0 Å². The Morgan fingerprint density at radius 1 is 1.38 bits per heavy atom. The Balaban J connectivity index is 1.98. The van der Waals surface area contributed by atoms with Crippen LogP contribution >= 0.6 is 0 Å². The van der Waals surface area contributed by atoms with Crippen LogP contribution in [0.2, 0.25) is 0 Å². The number of aryl methyl sites for hydroxylation is 1. The van der Waals surface area contributed by atoms with Crippen molar-refractivity contribution in [3.8, 4) is 0 Å². The molecule has 1 fully saturated rings. The van der Waals surface area contributed by atoms with Crippen molar-refractivity contribution >= 4 is 11.8 Å². The second kappa shape index (κ2) is 7.46. The normalized spacial score (nSPS) is 17.5. The molecule has 1 aromatic rings. The standard InChI is InChI=1S/C16H24N4O4/c1-10(2)7-11-3-5-19(8-11)13(21)4-6-20-9-12(14(17)22)15(23)18-16(20)24/h9-11H,3-8H2,1-2H3,(H2,17,22)(H,18,23,24). The molecule has 0 aromatic carbocycles. The summed E-state index contributed by atoms with van der Waals surface area (Å²) in [5, 5.41) is 0. The molecule has 132 valence electrons. The molecule has 2 heterocycles. The monoisotopic (exact) mass is 336 g/mol. The summed E-state index contributed by atoms with van der Waals surface area (Å²) in [6, 6.07) is 0. The number of aromatic nitrogens is 2. The van der Waals surface area contributed by atoms with Crippen molar-refractivity contribution in [2.45, 2.75) is 39.7 Å². The molecule has 2 amide bonds. The number of aromatic amines is 1. The van der Waals surface area contributed by atoms with E-state index in [0.717, 1.165) is 36.7 Å². The van der Waals surface area contributed by atoms with E-state index >= 15 is 0 Å². The predicted octanol–water partition coefficient (Wildman–Crippen LogP) is -0.0798. The smallest absolute Gasteiger partial charge is 0.328 e. The Labute approximate surface area is 139 Å². The maximum Gasteiger partial charge on any atom is 0.328 e. The zero-order valence-electron chi connectivity index (χ0n) is 14.1. The SMILES string of the molecule is CC(C)CC1CCN(C(=O)CCn2cc(C(N)=O)c(=O)[nH]c2=O)C1. The van der Waals surface area contributed by atoms with Gasteiger partial charge >= 0.3 is 5.69 Å². The predicted molar refractivity (Wildman–Crippen MR) is 88.6 cm³/mol. The van der Waals surface area contributed by atoms with Crippen LogP contribution in [0.25, 0.3) is 0 Å². The Morgan fingerprint density at radius 3 is 2.71 bits per heavy atom. The van der Waals surface area contributed by atoms with Crippen LogP contribution in [0.3, 0.4) is 0 Å². The molecule has 1 aliphatic rings. The average molecular weight is 336 g/mol. The Kier molecular flexibility index (Phi) is 5.58. The Hall–Kier alpha value is -2.38. The van der Waals surface area contributed by atoms with Gasteiger partial charge in [-0.2, -0.15) is 0 Å². The van der Waals surface area contributed by atoms with Crippen LogP contribution in [0.5, 0.6) is 0 Å². The number of nitrogens with one attached hydrogen (secondary N) is 1. The first kappa shape index (κ1) is 18.0. The van der Waals surface area contributed by atoms with Crippen LogP contribution in [0.4, 0.5) is 0 Å². The molecular weight excluding hydrogens is 312 g/mol. The number of carbonyl (C=O) groups excluding carboxylic acids is 2. The second-order valence-corrected chi connectivity index (χ2v) is 6.73. The lowest BCUT2D eigenvalue weighted by molar-refractivity contribution is -0.130. The van der Waals surface area contributed by atoms with E-state index in [0.29, 0.717) is 11.8 Å². The fraction of sp³-hybridized carbons (Fsp3) is 0.625. The van der Waals surface area contributed by atoms with Crippen molar-refractivity contribution in [1.29, 1.82) is 0 Å². The summed E-state index contributed by atoms with van der Waals surface area (Å²) in [7, 11) is 0. The molecule has 1 aliphatic heterocycles. The van der Waals surface area contributed by atoms with Crippen molar-refractivity contribution in [2.24, 2.45) is 17.6 Å². The number of nitrogens with zero attached hydrogens (tertiary/aromatic N) is 2. The van der Waals surface area contributed by atoms with Gasteiger partial charge in [-0.05, 0) is 24.7 Å². The number of amides is 2. The van der Waals surface area contributed by atoms with Crippen LogP contribution in [0.1, 0.15) is 43.5 Å². The second-order valence-electron chi connectivity index (χ2n) is 6.73. The highest BCUT2D eigenvalue weighted by atomic mass is 16.2. The van der Waals surface area contributed by atoms with Gasteiger partial charge in [0.1, 0.15) is 5.56 Å². The lowest BCUT2D eigenvalue weighted by Crippen LogP contribution is -2.36. The highest BCUT2D eigenvalue weighted by Crippen LogP contribution is 2.23. The van der Waals surface area contributed by atoms with E-state index in [-0.39, 0.29) is 24.4 Å². The number of likely N-dealkylation sites (tertiary alicyclic amines) is 1. The molecule has 8 nitrogen and oxygen atoms in total. The van der Waals surface area contributed by atoms with Gasteiger partial charge in [0, 0.05) is 32.3 Å². The summed E-state index contributed by atoms with van der Waals surface area (Å²) in [6.07, 6.45) is 3.36. The van der Waals surface area contributed by atoms with Crippen LogP contribution in [-0.4, -0.2) is 39.4 Å². The van der Waals surface area contributed by atoms with E-state index < -0.39 is 17.2 Å². The summed E-state index contributed by atoms with van der Waals surface area (Å²) < 4.78 is 1.14. The fourth-order valence-electron chi connectivity index (χ4n) is 3.14. The first-order valence-electron chi connectivity index (χ1n) is 8.19. The number of nitrogens with two attached hydrogens (primary N) is 1. The van der Waals surface area contributed by atoms with Gasteiger partial charge in [0.05, 0.1) is 0 Å². The molecule has 1 saturated heterocycles. The van der Waals surface area contributed by atoms with Crippen molar-refractivity contribution in [1.82, 2.24) is 14.5 Å². The maximum atomic E-state index is 12.3. The van der Waals surface area contributed by atoms with Crippen molar-refractivity contribution in [3.05, 3.63) is 32.6 Å². The molecule has 0 aliphatic carbocycles. The zero-order chi connectivity index (χ0) is 17.9. The minimum absolute atomic E-state index is 0.0278. The third-order valence-corrected chi connectivity index (χ3v) is 4.29. The van der Waals surface area contributed by atoms with E-state index in [1.807, 2.05) is 9.88 Å². The first-order valence-corrected chi connectivity index (χ1v) is 8.19. The first-order chi connectivity index (χ1) is 11.3. The molecule has 2 rings (SSSR count). The number of H-pyrrole nitrogens is 1. The summed E-state index contributed by atoms with van der Waals surface area (Å²) in [4.78, 5) is 50.5. The number of primary amides is 1. The van der Waals surface area contributed by atoms with E-state index in [1.54, 1.807) is 0 Å². The van der Waals surface area contributed by atoms with Gasteiger partial charge in [-0.25, -0.2) is 4.79 Å². The van der Waals surface area contributed by atoms with E-state index in [1.165, 1.54) is 0 Å². The summed E-state index contributed by atoms with van der Waals surface area (Å²) >= 11 is 0. The maximum absolute atomic E-state index is 12.3. The Bertz CT molecular complexity index is 734. The van der Waals surface area contributed by atoms with Gasteiger partial charge in [0.2, 0.25) is 5.91 Å². The lowest BCUT2D eigenvalue weighted by atomic mass is 9.97. The third kappa shape index (κ3) is 4.33. The van der Waals surface area contributed by atoms with Crippen molar-refractivity contribution < 1.29 is 9.59 Å². The molecule has 0 bridgehead atoms.